The zero-order valence-electron chi connectivity index (χ0n) is 21.0. The van der Waals surface area contributed by atoms with E-state index in [1.807, 2.05) is 0 Å². The van der Waals surface area contributed by atoms with Gasteiger partial charge in [0.2, 0.25) is 5.91 Å². The number of hydrogen-bond donors (Lipinski definition) is 3. The first-order valence-corrected chi connectivity index (χ1v) is 12.1. The van der Waals surface area contributed by atoms with Crippen LogP contribution >= 0.6 is 0 Å². The van der Waals surface area contributed by atoms with E-state index in [-0.39, 0.29) is 75.4 Å². The molecule has 0 radical (unpaired) electrons. The fourth-order valence-electron chi connectivity index (χ4n) is 4.18. The highest BCUT2D eigenvalue weighted by Crippen LogP contribution is 2.31. The Morgan fingerprint density at radius 1 is 1.07 bits per heavy atom. The second-order valence-corrected chi connectivity index (χ2v) is 8.83. The minimum Gasteiger partial charge on any atom is -0.507 e. The minimum atomic E-state index is -0.919. The standard InChI is InChI=1S/C25H27F2N5O7.CH4/c1-15(33)28-12-17-14-31(25(37)39-17)16-10-19(26)23(20(27)11-16)30-6-7-32(38-9-8-30)22(35)13-29-24(36)18-4-2-3-5-21(18)34;/h2-5,10-11,17,34H,6-9,12-14H2,1H3,(H,28,33)(H,29,36);1H4/t17-;/m0./s1. The summed E-state index contributed by atoms with van der Waals surface area (Å²) in [5, 5.41) is 15.7. The maximum atomic E-state index is 15.1. The summed E-state index contributed by atoms with van der Waals surface area (Å²) < 4.78 is 35.4. The maximum Gasteiger partial charge on any atom is 0.414 e. The molecule has 2 heterocycles. The number of para-hydroxylation sites is 1. The summed E-state index contributed by atoms with van der Waals surface area (Å²) in [6, 6.07) is 7.90. The Morgan fingerprint density at radius 3 is 2.45 bits per heavy atom. The number of phenols is 1. The maximum absolute atomic E-state index is 15.1. The number of carbonyl (C=O) groups excluding carboxylic acids is 4. The lowest BCUT2D eigenvalue weighted by molar-refractivity contribution is -0.180. The number of halogens is 2. The zero-order chi connectivity index (χ0) is 28.1. The predicted molar refractivity (Wildman–Crippen MR) is 140 cm³/mol. The van der Waals surface area contributed by atoms with Crippen molar-refractivity contribution < 1.29 is 42.6 Å². The first-order chi connectivity index (χ1) is 18.6. The van der Waals surface area contributed by atoms with Crippen molar-refractivity contribution in [3.05, 3.63) is 53.6 Å². The number of nitrogens with one attached hydrogen (secondary N) is 2. The molecule has 2 aliphatic heterocycles. The van der Waals surface area contributed by atoms with Crippen LogP contribution in [0.25, 0.3) is 0 Å². The number of aromatic hydroxyl groups is 1. The number of anilines is 2. The molecule has 3 N–H and O–H groups in total. The number of rotatable bonds is 7. The third-order valence-electron chi connectivity index (χ3n) is 6.09. The first kappa shape index (κ1) is 30.1. The number of ether oxygens (including phenoxy) is 1. The molecular weight excluding hydrogens is 532 g/mol. The lowest BCUT2D eigenvalue weighted by Crippen LogP contribution is -2.41. The molecule has 12 nitrogen and oxygen atoms in total. The Bertz CT molecular complexity index is 1250. The van der Waals surface area contributed by atoms with Crippen LogP contribution in [-0.2, 0) is 19.2 Å². The number of carbonyl (C=O) groups is 4. The smallest absolute Gasteiger partial charge is 0.414 e. The van der Waals surface area contributed by atoms with E-state index < -0.39 is 42.2 Å². The number of cyclic esters (lactones) is 1. The van der Waals surface area contributed by atoms with Gasteiger partial charge in [-0.2, -0.15) is 0 Å². The average Bonchev–Trinajstić information content (AvgIpc) is 3.10. The largest absolute Gasteiger partial charge is 0.507 e. The number of hydroxylamine groups is 2. The fraction of sp³-hybridized carbons (Fsp3) is 0.385. The molecule has 1 atom stereocenters. The molecule has 4 rings (SSSR count). The van der Waals surface area contributed by atoms with E-state index in [4.69, 9.17) is 9.57 Å². The highest BCUT2D eigenvalue weighted by molar-refractivity contribution is 5.98. The topological polar surface area (TPSA) is 141 Å². The van der Waals surface area contributed by atoms with Gasteiger partial charge in [-0.3, -0.25) is 24.1 Å². The van der Waals surface area contributed by atoms with Gasteiger partial charge in [0.15, 0.2) is 11.6 Å². The van der Waals surface area contributed by atoms with Gasteiger partial charge in [0.1, 0.15) is 17.5 Å². The van der Waals surface area contributed by atoms with Crippen molar-refractivity contribution in [2.45, 2.75) is 20.5 Å². The Labute approximate surface area is 229 Å². The summed E-state index contributed by atoms with van der Waals surface area (Å²) in [4.78, 5) is 56.0. The van der Waals surface area contributed by atoms with Crippen molar-refractivity contribution in [1.29, 1.82) is 0 Å². The van der Waals surface area contributed by atoms with Gasteiger partial charge in [0.05, 0.1) is 44.0 Å². The molecule has 0 aliphatic carbocycles. The number of amides is 4. The number of hydrogen-bond acceptors (Lipinski definition) is 8. The van der Waals surface area contributed by atoms with Crippen LogP contribution in [0.5, 0.6) is 5.75 Å². The van der Waals surface area contributed by atoms with Crippen LogP contribution in [0.4, 0.5) is 25.0 Å². The van der Waals surface area contributed by atoms with E-state index in [2.05, 4.69) is 10.6 Å². The van der Waals surface area contributed by atoms with E-state index in [1.54, 1.807) is 12.1 Å². The normalized spacial score (nSPS) is 17.0. The van der Waals surface area contributed by atoms with Crippen molar-refractivity contribution in [2.24, 2.45) is 0 Å². The van der Waals surface area contributed by atoms with Gasteiger partial charge >= 0.3 is 6.09 Å². The lowest BCUT2D eigenvalue weighted by atomic mass is 10.2. The Hall–Kier alpha value is -4.46. The average molecular weight is 564 g/mol. The van der Waals surface area contributed by atoms with Crippen LogP contribution in [-0.4, -0.2) is 86.0 Å². The molecule has 0 bridgehead atoms. The summed E-state index contributed by atoms with van der Waals surface area (Å²) in [5.41, 5.74) is -0.368. The molecule has 0 saturated carbocycles. The van der Waals surface area contributed by atoms with Crippen LogP contribution in [0, 0.1) is 11.6 Å². The zero-order valence-corrected chi connectivity index (χ0v) is 21.0. The quantitative estimate of drug-likeness (QED) is 0.463. The number of benzene rings is 2. The van der Waals surface area contributed by atoms with E-state index >= 15 is 8.78 Å². The molecule has 2 aromatic rings. The van der Waals surface area contributed by atoms with Crippen molar-refractivity contribution in [2.75, 3.05) is 55.7 Å². The van der Waals surface area contributed by atoms with Gasteiger partial charge in [0, 0.05) is 32.1 Å². The van der Waals surface area contributed by atoms with Crippen LogP contribution in [0.2, 0.25) is 0 Å². The van der Waals surface area contributed by atoms with Gasteiger partial charge < -0.3 is 25.4 Å². The van der Waals surface area contributed by atoms with Crippen LogP contribution in [0.1, 0.15) is 24.7 Å². The fourth-order valence-corrected chi connectivity index (χ4v) is 4.18. The van der Waals surface area contributed by atoms with Gasteiger partial charge in [0.25, 0.3) is 11.8 Å². The molecule has 0 spiro atoms. The van der Waals surface area contributed by atoms with Crippen molar-refractivity contribution in [3.8, 4) is 5.75 Å². The van der Waals surface area contributed by atoms with Gasteiger partial charge in [-0.25, -0.2) is 18.6 Å². The molecule has 14 heteroatoms. The third kappa shape index (κ3) is 6.94. The molecule has 2 saturated heterocycles. The predicted octanol–water partition coefficient (Wildman–Crippen LogP) is 1.78. The van der Waals surface area contributed by atoms with Crippen molar-refractivity contribution in [3.63, 3.8) is 0 Å². The molecule has 0 aromatic heterocycles. The van der Waals surface area contributed by atoms with E-state index in [0.717, 1.165) is 22.1 Å². The SMILES string of the molecule is C.CC(=O)NC[C@H]1CN(c2cc(F)c(N3CCON(C(=O)CNC(=O)c4ccccc4O)CC3)c(F)c2)C(=O)O1. The van der Waals surface area contributed by atoms with E-state index in [0.29, 0.717) is 0 Å². The van der Waals surface area contributed by atoms with Crippen molar-refractivity contribution in [1.82, 2.24) is 15.7 Å². The number of phenolic OH excluding ortho intramolecular Hbond substituents is 1. The minimum absolute atomic E-state index is 0. The summed E-state index contributed by atoms with van der Waals surface area (Å²) in [6.07, 6.45) is -1.45. The number of nitrogens with zero attached hydrogens (tertiary/aromatic N) is 3. The Balaban J connectivity index is 0.00000441. The van der Waals surface area contributed by atoms with Gasteiger partial charge in [-0.05, 0) is 12.1 Å². The monoisotopic (exact) mass is 563 g/mol. The van der Waals surface area contributed by atoms with Crippen molar-refractivity contribution >= 4 is 35.2 Å². The van der Waals surface area contributed by atoms with Crippen LogP contribution < -0.4 is 20.4 Å². The van der Waals surface area contributed by atoms with Gasteiger partial charge in [-0.1, -0.05) is 19.6 Å². The molecule has 2 aliphatic rings. The molecule has 2 fully saturated rings. The molecule has 4 amide bonds. The first-order valence-electron chi connectivity index (χ1n) is 12.1. The van der Waals surface area contributed by atoms with E-state index in [9.17, 15) is 24.3 Å². The van der Waals surface area contributed by atoms with Gasteiger partial charge in [-0.15, -0.1) is 0 Å². The third-order valence-corrected chi connectivity index (χ3v) is 6.09. The Morgan fingerprint density at radius 2 is 1.77 bits per heavy atom. The highest BCUT2D eigenvalue weighted by Gasteiger charge is 2.34. The van der Waals surface area contributed by atoms with E-state index in [1.165, 1.54) is 24.0 Å². The lowest BCUT2D eigenvalue weighted by Gasteiger charge is -2.24. The van der Waals surface area contributed by atoms with Crippen LogP contribution in [0.15, 0.2) is 36.4 Å². The second-order valence-electron chi connectivity index (χ2n) is 8.83. The second kappa shape index (κ2) is 13.1. The summed E-state index contributed by atoms with van der Waals surface area (Å²) >= 11 is 0. The highest BCUT2D eigenvalue weighted by atomic mass is 19.1. The molecule has 40 heavy (non-hydrogen) atoms. The summed E-state index contributed by atoms with van der Waals surface area (Å²) in [6.45, 7) is 0.951. The summed E-state index contributed by atoms with van der Waals surface area (Å²) in [5.74, 6) is -3.60. The Kier molecular flexibility index (Phi) is 9.82. The molecule has 2 aromatic carbocycles. The molecular formula is C26H31F2N5O7. The van der Waals surface area contributed by atoms with Crippen LogP contribution in [0.3, 0.4) is 0 Å². The molecule has 0 unspecified atom stereocenters. The molecule has 216 valence electrons. The summed E-state index contributed by atoms with van der Waals surface area (Å²) in [7, 11) is 0.